The van der Waals surface area contributed by atoms with Gasteiger partial charge in [-0.1, -0.05) is 6.08 Å². The Balaban J connectivity index is 3.18. The molecule has 1 aromatic rings. The number of non-ortho nitro benzene ring substituents is 1. The molecule has 0 N–H and O–H groups in total. The molecule has 0 bridgehead atoms. The predicted octanol–water partition coefficient (Wildman–Crippen LogP) is 2.44. The molecule has 1 unspecified atom stereocenters. The summed E-state index contributed by atoms with van der Waals surface area (Å²) in [6, 6.07) is 4.13. The van der Waals surface area contributed by atoms with Crippen LogP contribution in [0.3, 0.4) is 0 Å². The van der Waals surface area contributed by atoms with E-state index in [2.05, 4.69) is 6.58 Å². The van der Waals surface area contributed by atoms with Crippen molar-refractivity contribution >= 4 is 12.0 Å². The first-order valence-electron chi connectivity index (χ1n) is 5.60. The summed E-state index contributed by atoms with van der Waals surface area (Å²) in [6.07, 6.45) is 2.69. The van der Waals surface area contributed by atoms with E-state index in [1.54, 1.807) is 6.08 Å². The van der Waals surface area contributed by atoms with E-state index in [9.17, 15) is 14.9 Å². The van der Waals surface area contributed by atoms with Crippen molar-refractivity contribution in [2.24, 2.45) is 0 Å². The van der Waals surface area contributed by atoms with Gasteiger partial charge in [-0.3, -0.25) is 10.1 Å². The molecule has 19 heavy (non-hydrogen) atoms. The van der Waals surface area contributed by atoms with Gasteiger partial charge in [-0.05, 0) is 12.5 Å². The fourth-order valence-corrected chi connectivity index (χ4v) is 1.63. The van der Waals surface area contributed by atoms with Gasteiger partial charge in [-0.15, -0.1) is 6.58 Å². The van der Waals surface area contributed by atoms with Crippen LogP contribution in [0, 0.1) is 10.1 Å². The average molecular weight is 265 g/mol. The summed E-state index contributed by atoms with van der Waals surface area (Å²) in [6.45, 7) is 3.57. The zero-order chi connectivity index (χ0) is 14.3. The molecule has 6 heteroatoms. The fraction of sp³-hybridized carbons (Fsp3) is 0.308. The second-order valence-corrected chi connectivity index (χ2v) is 3.80. The van der Waals surface area contributed by atoms with Crippen LogP contribution in [0.15, 0.2) is 30.9 Å². The SMILES string of the molecule is C=CCC(C=O)c1cc([N+](=O)[O-])ccc1OCOC. The van der Waals surface area contributed by atoms with E-state index in [-0.39, 0.29) is 12.5 Å². The lowest BCUT2D eigenvalue weighted by molar-refractivity contribution is -0.384. The number of nitro benzene ring substituents is 1. The van der Waals surface area contributed by atoms with E-state index in [0.29, 0.717) is 17.7 Å². The molecule has 0 aromatic heterocycles. The number of hydrogen-bond donors (Lipinski definition) is 0. The summed E-state index contributed by atoms with van der Waals surface area (Å²) >= 11 is 0. The van der Waals surface area contributed by atoms with Crippen molar-refractivity contribution in [1.82, 2.24) is 0 Å². The Kier molecular flexibility index (Phi) is 5.69. The molecule has 0 saturated heterocycles. The number of allylic oxidation sites excluding steroid dienone is 1. The maximum Gasteiger partial charge on any atom is 0.269 e. The first kappa shape index (κ1) is 14.8. The molecule has 6 nitrogen and oxygen atoms in total. The molecule has 1 aromatic carbocycles. The molecule has 0 aliphatic rings. The number of carbonyl (C=O) groups is 1. The van der Waals surface area contributed by atoms with Crippen molar-refractivity contribution in [1.29, 1.82) is 0 Å². The topological polar surface area (TPSA) is 78.7 Å². The van der Waals surface area contributed by atoms with Crippen molar-refractivity contribution in [3.63, 3.8) is 0 Å². The Bertz CT molecular complexity index is 472. The molecule has 1 rings (SSSR count). The third kappa shape index (κ3) is 3.89. The Morgan fingerprint density at radius 3 is 2.79 bits per heavy atom. The molecule has 0 heterocycles. The van der Waals surface area contributed by atoms with Gasteiger partial charge in [0, 0.05) is 30.7 Å². The molecule has 0 amide bonds. The molecule has 102 valence electrons. The molecular weight excluding hydrogens is 250 g/mol. The minimum absolute atomic E-state index is 0.00444. The number of methoxy groups -OCH3 is 1. The van der Waals surface area contributed by atoms with Crippen molar-refractivity contribution in [2.45, 2.75) is 12.3 Å². The minimum Gasteiger partial charge on any atom is -0.467 e. The number of nitro groups is 1. The number of rotatable bonds is 8. The normalized spacial score (nSPS) is 11.6. The summed E-state index contributed by atoms with van der Waals surface area (Å²) in [4.78, 5) is 21.4. The lowest BCUT2D eigenvalue weighted by atomic mass is 9.96. The lowest BCUT2D eigenvalue weighted by Crippen LogP contribution is -2.06. The molecule has 1 atom stereocenters. The summed E-state index contributed by atoms with van der Waals surface area (Å²) in [5, 5.41) is 10.8. The average Bonchev–Trinajstić information content (AvgIpc) is 2.42. The quantitative estimate of drug-likeness (QED) is 0.237. The summed E-state index contributed by atoms with van der Waals surface area (Å²) in [5.74, 6) is -0.129. The maximum atomic E-state index is 11.1. The van der Waals surface area contributed by atoms with Gasteiger partial charge in [0.05, 0.1) is 4.92 Å². The van der Waals surface area contributed by atoms with Crippen molar-refractivity contribution in [3.05, 3.63) is 46.5 Å². The smallest absolute Gasteiger partial charge is 0.269 e. The van der Waals surface area contributed by atoms with E-state index >= 15 is 0 Å². The van der Waals surface area contributed by atoms with E-state index in [4.69, 9.17) is 9.47 Å². The Morgan fingerprint density at radius 2 is 2.26 bits per heavy atom. The van der Waals surface area contributed by atoms with Crippen molar-refractivity contribution in [3.8, 4) is 5.75 Å². The van der Waals surface area contributed by atoms with E-state index in [1.807, 2.05) is 0 Å². The first-order valence-corrected chi connectivity index (χ1v) is 5.60. The number of hydrogen-bond acceptors (Lipinski definition) is 5. The fourth-order valence-electron chi connectivity index (χ4n) is 1.63. The lowest BCUT2D eigenvalue weighted by Gasteiger charge is -2.14. The van der Waals surface area contributed by atoms with Crippen LogP contribution < -0.4 is 4.74 Å². The second kappa shape index (κ2) is 7.27. The van der Waals surface area contributed by atoms with Crippen LogP contribution in [-0.2, 0) is 9.53 Å². The number of carbonyl (C=O) groups excluding carboxylic acids is 1. The molecule has 0 radical (unpaired) electrons. The first-order chi connectivity index (χ1) is 9.13. The van der Waals surface area contributed by atoms with Crippen LogP contribution >= 0.6 is 0 Å². The van der Waals surface area contributed by atoms with Crippen molar-refractivity contribution in [2.75, 3.05) is 13.9 Å². The zero-order valence-electron chi connectivity index (χ0n) is 10.6. The highest BCUT2D eigenvalue weighted by Gasteiger charge is 2.19. The molecule has 0 aliphatic heterocycles. The monoisotopic (exact) mass is 265 g/mol. The number of ether oxygens (including phenoxy) is 2. The molecule has 0 fully saturated rings. The summed E-state index contributed by atoms with van der Waals surface area (Å²) < 4.78 is 10.1. The highest BCUT2D eigenvalue weighted by Crippen LogP contribution is 2.31. The van der Waals surface area contributed by atoms with Crippen molar-refractivity contribution < 1.29 is 19.2 Å². The number of aldehydes is 1. The van der Waals surface area contributed by atoms with Crippen LogP contribution in [0.4, 0.5) is 5.69 Å². The van der Waals surface area contributed by atoms with Gasteiger partial charge >= 0.3 is 0 Å². The van der Waals surface area contributed by atoms with E-state index < -0.39 is 10.8 Å². The largest absolute Gasteiger partial charge is 0.467 e. The van der Waals surface area contributed by atoms with Crippen LogP contribution in [0.5, 0.6) is 5.75 Å². The van der Waals surface area contributed by atoms with E-state index in [1.165, 1.54) is 25.3 Å². The minimum atomic E-state index is -0.524. The summed E-state index contributed by atoms with van der Waals surface area (Å²) in [5.41, 5.74) is 0.372. The molecule has 0 aliphatic carbocycles. The van der Waals surface area contributed by atoms with Crippen LogP contribution in [-0.4, -0.2) is 25.1 Å². The van der Waals surface area contributed by atoms with Gasteiger partial charge in [-0.25, -0.2) is 0 Å². The van der Waals surface area contributed by atoms with Crippen LogP contribution in [0.25, 0.3) is 0 Å². The molecular formula is C13H15NO5. The maximum absolute atomic E-state index is 11.1. The van der Waals surface area contributed by atoms with Crippen LogP contribution in [0.2, 0.25) is 0 Å². The third-order valence-electron chi connectivity index (χ3n) is 2.52. The van der Waals surface area contributed by atoms with Gasteiger partial charge in [-0.2, -0.15) is 0 Å². The van der Waals surface area contributed by atoms with Gasteiger partial charge in [0.1, 0.15) is 12.0 Å². The Morgan fingerprint density at radius 1 is 1.53 bits per heavy atom. The predicted molar refractivity (Wildman–Crippen MR) is 69.2 cm³/mol. The second-order valence-electron chi connectivity index (χ2n) is 3.80. The van der Waals surface area contributed by atoms with Gasteiger partial charge < -0.3 is 14.3 Å². The van der Waals surface area contributed by atoms with Crippen LogP contribution in [0.1, 0.15) is 17.9 Å². The molecule has 0 saturated carbocycles. The highest BCUT2D eigenvalue weighted by atomic mass is 16.7. The summed E-state index contributed by atoms with van der Waals surface area (Å²) in [7, 11) is 1.46. The van der Waals surface area contributed by atoms with E-state index in [0.717, 1.165) is 6.29 Å². The number of benzene rings is 1. The Hall–Kier alpha value is -2.21. The van der Waals surface area contributed by atoms with Gasteiger partial charge in [0.25, 0.3) is 5.69 Å². The standard InChI is InChI=1S/C13H15NO5/c1-3-4-10(8-15)12-7-11(14(16)17)5-6-13(12)19-9-18-2/h3,5-8,10H,1,4,9H2,2H3. The molecule has 0 spiro atoms. The van der Waals surface area contributed by atoms with Gasteiger partial charge in [0.15, 0.2) is 6.79 Å². The zero-order valence-corrected chi connectivity index (χ0v) is 10.6. The van der Waals surface area contributed by atoms with Gasteiger partial charge in [0.2, 0.25) is 0 Å². The third-order valence-corrected chi connectivity index (χ3v) is 2.52. The number of nitrogens with zero attached hydrogens (tertiary/aromatic N) is 1. The highest BCUT2D eigenvalue weighted by molar-refractivity contribution is 5.66. The Labute approximate surface area is 110 Å².